The SMILES string of the molecule is O=C1CCC(c2ccccc2C(F)(F)F)N1. The highest BCUT2D eigenvalue weighted by Crippen LogP contribution is 2.36. The molecule has 0 bridgehead atoms. The number of carbonyl (C=O) groups is 1. The van der Waals surface area contributed by atoms with E-state index in [1.165, 1.54) is 12.1 Å². The van der Waals surface area contributed by atoms with Crippen molar-refractivity contribution in [2.24, 2.45) is 0 Å². The average Bonchev–Trinajstić information content (AvgIpc) is 2.64. The van der Waals surface area contributed by atoms with Crippen molar-refractivity contribution < 1.29 is 18.0 Å². The van der Waals surface area contributed by atoms with E-state index in [4.69, 9.17) is 0 Å². The largest absolute Gasteiger partial charge is 0.416 e. The fourth-order valence-electron chi connectivity index (χ4n) is 1.91. The van der Waals surface area contributed by atoms with Gasteiger partial charge in [-0.1, -0.05) is 18.2 Å². The summed E-state index contributed by atoms with van der Waals surface area (Å²) in [5.41, 5.74) is -0.511. The van der Waals surface area contributed by atoms with Gasteiger partial charge in [-0.25, -0.2) is 0 Å². The second-order valence-electron chi connectivity index (χ2n) is 3.74. The minimum Gasteiger partial charge on any atom is -0.349 e. The molecule has 2 rings (SSSR count). The van der Waals surface area contributed by atoms with Gasteiger partial charge in [-0.2, -0.15) is 13.2 Å². The quantitative estimate of drug-likeness (QED) is 0.788. The fourth-order valence-corrected chi connectivity index (χ4v) is 1.91. The third kappa shape index (κ3) is 2.03. The summed E-state index contributed by atoms with van der Waals surface area (Å²) in [5, 5.41) is 2.54. The van der Waals surface area contributed by atoms with Crippen LogP contribution in [-0.4, -0.2) is 5.91 Å². The van der Waals surface area contributed by atoms with Crippen molar-refractivity contribution >= 4 is 5.91 Å². The van der Waals surface area contributed by atoms with E-state index in [1.807, 2.05) is 0 Å². The molecule has 16 heavy (non-hydrogen) atoms. The predicted molar refractivity (Wildman–Crippen MR) is 51.6 cm³/mol. The molecule has 0 spiro atoms. The Morgan fingerprint density at radius 1 is 1.25 bits per heavy atom. The van der Waals surface area contributed by atoms with Gasteiger partial charge in [-0.05, 0) is 18.1 Å². The molecule has 1 aliphatic heterocycles. The fraction of sp³-hybridized carbons (Fsp3) is 0.364. The van der Waals surface area contributed by atoms with Crippen molar-refractivity contribution in [3.63, 3.8) is 0 Å². The molecule has 0 aliphatic carbocycles. The summed E-state index contributed by atoms with van der Waals surface area (Å²) in [6.07, 6.45) is -3.66. The summed E-state index contributed by atoms with van der Waals surface area (Å²) in [4.78, 5) is 11.0. The second-order valence-corrected chi connectivity index (χ2v) is 3.74. The lowest BCUT2D eigenvalue weighted by atomic mass is 9.99. The number of amides is 1. The average molecular weight is 229 g/mol. The molecule has 1 aromatic rings. The van der Waals surface area contributed by atoms with Crippen LogP contribution in [0.2, 0.25) is 0 Å². The van der Waals surface area contributed by atoms with Crippen molar-refractivity contribution in [3.8, 4) is 0 Å². The van der Waals surface area contributed by atoms with Crippen molar-refractivity contribution in [3.05, 3.63) is 35.4 Å². The molecule has 86 valence electrons. The molecular formula is C11H10F3NO. The summed E-state index contributed by atoms with van der Waals surface area (Å²) in [7, 11) is 0. The van der Waals surface area contributed by atoms with Gasteiger partial charge in [0.05, 0.1) is 11.6 Å². The molecule has 1 N–H and O–H groups in total. The van der Waals surface area contributed by atoms with Crippen LogP contribution in [0.25, 0.3) is 0 Å². The van der Waals surface area contributed by atoms with Gasteiger partial charge in [0.1, 0.15) is 0 Å². The lowest BCUT2D eigenvalue weighted by Gasteiger charge is -2.17. The monoisotopic (exact) mass is 229 g/mol. The van der Waals surface area contributed by atoms with Crippen molar-refractivity contribution in [2.45, 2.75) is 25.1 Å². The van der Waals surface area contributed by atoms with Crippen LogP contribution < -0.4 is 5.32 Å². The normalized spacial score (nSPS) is 20.9. The van der Waals surface area contributed by atoms with Crippen LogP contribution in [0.3, 0.4) is 0 Å². The zero-order valence-electron chi connectivity index (χ0n) is 8.34. The summed E-state index contributed by atoms with van der Waals surface area (Å²) < 4.78 is 38.1. The van der Waals surface area contributed by atoms with Crippen LogP contribution in [0, 0.1) is 0 Å². The molecule has 1 aromatic carbocycles. The van der Waals surface area contributed by atoms with E-state index in [-0.39, 0.29) is 17.9 Å². The van der Waals surface area contributed by atoms with Crippen LogP contribution in [0.5, 0.6) is 0 Å². The molecule has 1 aliphatic rings. The van der Waals surface area contributed by atoms with Gasteiger partial charge in [0, 0.05) is 6.42 Å². The zero-order valence-corrected chi connectivity index (χ0v) is 8.34. The molecule has 0 aromatic heterocycles. The van der Waals surface area contributed by atoms with Crippen LogP contribution in [0.4, 0.5) is 13.2 Å². The van der Waals surface area contributed by atoms with E-state index >= 15 is 0 Å². The van der Waals surface area contributed by atoms with Gasteiger partial charge in [0.2, 0.25) is 5.91 Å². The third-order valence-electron chi connectivity index (χ3n) is 2.64. The molecule has 1 unspecified atom stereocenters. The minimum atomic E-state index is -4.37. The number of halogens is 3. The van der Waals surface area contributed by atoms with Gasteiger partial charge in [0.15, 0.2) is 0 Å². The van der Waals surface area contributed by atoms with E-state index in [1.54, 1.807) is 6.07 Å². The zero-order chi connectivity index (χ0) is 11.8. The Morgan fingerprint density at radius 3 is 2.50 bits per heavy atom. The van der Waals surface area contributed by atoms with E-state index in [9.17, 15) is 18.0 Å². The van der Waals surface area contributed by atoms with Gasteiger partial charge in [0.25, 0.3) is 0 Å². The molecular weight excluding hydrogens is 219 g/mol. The first kappa shape index (κ1) is 11.0. The highest BCUT2D eigenvalue weighted by molar-refractivity contribution is 5.78. The Morgan fingerprint density at radius 2 is 1.94 bits per heavy atom. The summed E-state index contributed by atoms with van der Waals surface area (Å²) in [6.45, 7) is 0. The molecule has 1 atom stereocenters. The van der Waals surface area contributed by atoms with Crippen LogP contribution >= 0.6 is 0 Å². The third-order valence-corrected chi connectivity index (χ3v) is 2.64. The summed E-state index contributed by atoms with van der Waals surface area (Å²) >= 11 is 0. The molecule has 1 heterocycles. The van der Waals surface area contributed by atoms with Crippen LogP contribution in [0.1, 0.15) is 30.0 Å². The van der Waals surface area contributed by atoms with E-state index < -0.39 is 17.8 Å². The summed E-state index contributed by atoms with van der Waals surface area (Å²) in [5.74, 6) is -0.193. The maximum Gasteiger partial charge on any atom is 0.416 e. The molecule has 1 amide bonds. The van der Waals surface area contributed by atoms with E-state index in [0.29, 0.717) is 6.42 Å². The number of rotatable bonds is 1. The maximum atomic E-state index is 12.7. The number of benzene rings is 1. The Hall–Kier alpha value is -1.52. The first-order valence-corrected chi connectivity index (χ1v) is 4.94. The second kappa shape index (κ2) is 3.81. The Kier molecular flexibility index (Phi) is 2.61. The number of hydrogen-bond acceptors (Lipinski definition) is 1. The molecule has 0 saturated carbocycles. The highest BCUT2D eigenvalue weighted by atomic mass is 19.4. The predicted octanol–water partition coefficient (Wildman–Crippen LogP) is 2.66. The molecule has 0 radical (unpaired) electrons. The standard InChI is InChI=1S/C11H10F3NO/c12-11(13,14)8-4-2-1-3-7(8)9-5-6-10(16)15-9/h1-4,9H,5-6H2,(H,15,16). The number of alkyl halides is 3. The number of nitrogens with one attached hydrogen (secondary N) is 1. The molecule has 1 fully saturated rings. The van der Waals surface area contributed by atoms with Gasteiger partial charge >= 0.3 is 6.18 Å². The Bertz CT molecular complexity index is 414. The van der Waals surface area contributed by atoms with Crippen LogP contribution in [0.15, 0.2) is 24.3 Å². The minimum absolute atomic E-state index is 0.154. The number of hydrogen-bond donors (Lipinski definition) is 1. The first-order chi connectivity index (χ1) is 7.48. The van der Waals surface area contributed by atoms with Gasteiger partial charge in [-0.15, -0.1) is 0 Å². The lowest BCUT2D eigenvalue weighted by molar-refractivity contribution is -0.138. The maximum absolute atomic E-state index is 12.7. The highest BCUT2D eigenvalue weighted by Gasteiger charge is 2.36. The van der Waals surface area contributed by atoms with Crippen molar-refractivity contribution in [2.75, 3.05) is 0 Å². The first-order valence-electron chi connectivity index (χ1n) is 4.94. The van der Waals surface area contributed by atoms with Crippen LogP contribution in [-0.2, 0) is 11.0 Å². The molecule has 5 heteroatoms. The smallest absolute Gasteiger partial charge is 0.349 e. The molecule has 1 saturated heterocycles. The Balaban J connectivity index is 2.37. The van der Waals surface area contributed by atoms with E-state index in [0.717, 1.165) is 6.07 Å². The van der Waals surface area contributed by atoms with Gasteiger partial charge < -0.3 is 5.32 Å². The Labute approximate surface area is 90.5 Å². The summed E-state index contributed by atoms with van der Waals surface area (Å²) in [6, 6.07) is 4.85. The van der Waals surface area contributed by atoms with Gasteiger partial charge in [-0.3, -0.25) is 4.79 Å². The number of carbonyl (C=O) groups excluding carboxylic acids is 1. The topological polar surface area (TPSA) is 29.1 Å². The van der Waals surface area contributed by atoms with Crippen molar-refractivity contribution in [1.29, 1.82) is 0 Å². The van der Waals surface area contributed by atoms with E-state index in [2.05, 4.69) is 5.32 Å². The molecule has 2 nitrogen and oxygen atoms in total. The van der Waals surface area contributed by atoms with Crippen molar-refractivity contribution in [1.82, 2.24) is 5.32 Å². The lowest BCUT2D eigenvalue weighted by Crippen LogP contribution is -2.21.